The van der Waals surface area contributed by atoms with Gasteiger partial charge in [-0.15, -0.1) is 0 Å². The highest BCUT2D eigenvalue weighted by Crippen LogP contribution is 2.13. The molecule has 0 spiro atoms. The molecule has 166 valence electrons. The summed E-state index contributed by atoms with van der Waals surface area (Å²) in [4.78, 5) is 27.9. The molecule has 5 nitrogen and oxygen atoms in total. The Kier molecular flexibility index (Phi) is 19.8. The topological polar surface area (TPSA) is 58.6 Å². The fraction of sp³-hybridized carbons (Fsp3) is 0.913. The number of nitrogens with zero attached hydrogens (tertiary/aromatic N) is 1. The lowest BCUT2D eigenvalue weighted by molar-refractivity contribution is -0.205. The summed E-state index contributed by atoms with van der Waals surface area (Å²) < 4.78 is 0. The fourth-order valence-corrected chi connectivity index (χ4v) is 3.33. The van der Waals surface area contributed by atoms with Gasteiger partial charge in [-0.1, -0.05) is 104 Å². The van der Waals surface area contributed by atoms with Gasteiger partial charge in [0.1, 0.15) is 0 Å². The van der Waals surface area contributed by atoms with E-state index in [0.29, 0.717) is 13.0 Å². The van der Waals surface area contributed by atoms with Crippen LogP contribution >= 0.6 is 0 Å². The molecule has 0 aromatic rings. The van der Waals surface area contributed by atoms with Gasteiger partial charge in [-0.2, -0.15) is 0 Å². The van der Waals surface area contributed by atoms with Crippen molar-refractivity contribution in [2.24, 2.45) is 0 Å². The minimum Gasteiger partial charge on any atom is -0.349 e. The maximum atomic E-state index is 11.9. The first-order valence-electron chi connectivity index (χ1n) is 11.9. The van der Waals surface area contributed by atoms with Crippen LogP contribution in [0, 0.1) is 0 Å². The number of carbonyl (C=O) groups is 2. The zero-order valence-corrected chi connectivity index (χ0v) is 18.9. The molecule has 28 heavy (non-hydrogen) atoms. The van der Waals surface area contributed by atoms with E-state index in [1.165, 1.54) is 95.6 Å². The van der Waals surface area contributed by atoms with Crippen LogP contribution in [0.4, 0.5) is 0 Å². The summed E-state index contributed by atoms with van der Waals surface area (Å²) >= 11 is 0. The average molecular weight is 399 g/mol. The van der Waals surface area contributed by atoms with Crippen LogP contribution in [0.5, 0.6) is 0 Å². The number of carbonyl (C=O) groups excluding carboxylic acids is 2. The molecule has 1 amide bonds. The van der Waals surface area contributed by atoms with Gasteiger partial charge in [-0.05, 0) is 18.0 Å². The molecule has 0 heterocycles. The predicted molar refractivity (Wildman–Crippen MR) is 116 cm³/mol. The molecule has 0 saturated heterocycles. The van der Waals surface area contributed by atoms with Gasteiger partial charge < -0.3 is 4.84 Å². The maximum absolute atomic E-state index is 11.9. The number of rotatable bonds is 20. The second-order valence-corrected chi connectivity index (χ2v) is 7.92. The van der Waals surface area contributed by atoms with Gasteiger partial charge in [0.15, 0.2) is 0 Å². The van der Waals surface area contributed by atoms with Crippen LogP contribution in [-0.2, 0) is 14.4 Å². The highest BCUT2D eigenvalue weighted by molar-refractivity contribution is 5.75. The predicted octanol–water partition coefficient (Wildman–Crippen LogP) is 6.47. The second-order valence-electron chi connectivity index (χ2n) is 7.92. The van der Waals surface area contributed by atoms with Crippen LogP contribution in [0.1, 0.15) is 130 Å². The van der Waals surface area contributed by atoms with Crippen LogP contribution in [0.15, 0.2) is 0 Å². The zero-order valence-electron chi connectivity index (χ0n) is 18.9. The third-order valence-electron chi connectivity index (χ3n) is 4.92. The van der Waals surface area contributed by atoms with Crippen molar-refractivity contribution < 1.29 is 14.4 Å². The van der Waals surface area contributed by atoms with Crippen molar-refractivity contribution in [3.63, 3.8) is 0 Å². The van der Waals surface area contributed by atoms with Crippen LogP contribution in [0.25, 0.3) is 0 Å². The van der Waals surface area contributed by atoms with Crippen LogP contribution in [0.2, 0.25) is 0 Å². The lowest BCUT2D eigenvalue weighted by Gasteiger charge is -2.20. The van der Waals surface area contributed by atoms with E-state index in [9.17, 15) is 9.59 Å². The van der Waals surface area contributed by atoms with Gasteiger partial charge in [0, 0.05) is 13.3 Å². The van der Waals surface area contributed by atoms with E-state index in [4.69, 9.17) is 4.84 Å². The van der Waals surface area contributed by atoms with Crippen molar-refractivity contribution in [3.05, 3.63) is 0 Å². The molecule has 0 fully saturated rings. The lowest BCUT2D eigenvalue weighted by atomic mass is 10.0. The molecule has 0 rings (SSSR count). The summed E-state index contributed by atoms with van der Waals surface area (Å²) in [6.45, 7) is 6.08. The summed E-state index contributed by atoms with van der Waals surface area (Å²) in [6, 6.07) is 0. The van der Waals surface area contributed by atoms with Gasteiger partial charge in [-0.25, -0.2) is 0 Å². The van der Waals surface area contributed by atoms with E-state index in [1.54, 1.807) is 0 Å². The third-order valence-corrected chi connectivity index (χ3v) is 4.92. The van der Waals surface area contributed by atoms with Gasteiger partial charge in [0.2, 0.25) is 5.91 Å². The van der Waals surface area contributed by atoms with E-state index >= 15 is 0 Å². The number of hydrogen-bond acceptors (Lipinski definition) is 4. The Morgan fingerprint density at radius 3 is 1.50 bits per heavy atom. The molecule has 0 atom stereocenters. The zero-order chi connectivity index (χ0) is 20.9. The van der Waals surface area contributed by atoms with Gasteiger partial charge >= 0.3 is 5.97 Å². The highest BCUT2D eigenvalue weighted by Gasteiger charge is 2.11. The summed E-state index contributed by atoms with van der Waals surface area (Å²) in [5, 5.41) is 1.25. The molecular formula is C23H46N2O3. The lowest BCUT2D eigenvalue weighted by Crippen LogP contribution is -2.43. The molecule has 1 N–H and O–H groups in total. The van der Waals surface area contributed by atoms with E-state index in [-0.39, 0.29) is 5.91 Å². The molecule has 0 aliphatic rings. The van der Waals surface area contributed by atoms with Crippen molar-refractivity contribution in [1.29, 1.82) is 0 Å². The SMILES string of the molecule is CCCCCCCCCCCCCCCCCC(=O)NN(CCC)OC(C)=O. The van der Waals surface area contributed by atoms with Crippen molar-refractivity contribution in [2.75, 3.05) is 6.54 Å². The molecule has 0 radical (unpaired) electrons. The van der Waals surface area contributed by atoms with Crippen molar-refractivity contribution in [1.82, 2.24) is 10.6 Å². The van der Waals surface area contributed by atoms with E-state index in [2.05, 4.69) is 12.3 Å². The number of hydroxylamine groups is 1. The number of hydrazine groups is 1. The molecule has 0 aliphatic carbocycles. The summed E-state index contributed by atoms with van der Waals surface area (Å²) in [5.41, 5.74) is 2.65. The first-order chi connectivity index (χ1) is 13.6. The minimum atomic E-state index is -0.416. The largest absolute Gasteiger partial charge is 0.349 e. The van der Waals surface area contributed by atoms with Gasteiger partial charge in [0.05, 0.1) is 6.54 Å². The number of hydrogen-bond donors (Lipinski definition) is 1. The Hall–Kier alpha value is -1.10. The fourth-order valence-electron chi connectivity index (χ4n) is 3.33. The quantitative estimate of drug-likeness (QED) is 0.189. The number of amides is 1. The van der Waals surface area contributed by atoms with Crippen LogP contribution in [0.3, 0.4) is 0 Å². The smallest absolute Gasteiger partial charge is 0.324 e. The van der Waals surface area contributed by atoms with E-state index in [0.717, 1.165) is 19.3 Å². The Balaban J connectivity index is 3.38. The Morgan fingerprint density at radius 2 is 1.11 bits per heavy atom. The normalized spacial score (nSPS) is 11.0. The Bertz CT molecular complexity index is 375. The molecule has 0 bridgehead atoms. The summed E-state index contributed by atoms with van der Waals surface area (Å²) in [7, 11) is 0. The second kappa shape index (κ2) is 20.6. The molecule has 0 aromatic heterocycles. The third kappa shape index (κ3) is 19.7. The number of unbranched alkanes of at least 4 members (excludes halogenated alkanes) is 14. The van der Waals surface area contributed by atoms with Crippen molar-refractivity contribution >= 4 is 11.9 Å². The summed E-state index contributed by atoms with van der Waals surface area (Å²) in [6.07, 6.45) is 21.0. The van der Waals surface area contributed by atoms with Crippen LogP contribution in [-0.4, -0.2) is 23.6 Å². The molecule has 0 unspecified atom stereocenters. The van der Waals surface area contributed by atoms with E-state index < -0.39 is 5.97 Å². The van der Waals surface area contributed by atoms with Gasteiger partial charge in [-0.3, -0.25) is 15.0 Å². The van der Waals surface area contributed by atoms with Crippen molar-refractivity contribution in [3.8, 4) is 0 Å². The van der Waals surface area contributed by atoms with Crippen molar-refractivity contribution in [2.45, 2.75) is 130 Å². The molecule has 0 aromatic carbocycles. The molecule has 5 heteroatoms. The molecular weight excluding hydrogens is 352 g/mol. The molecule has 0 aliphatic heterocycles. The first kappa shape index (κ1) is 26.9. The monoisotopic (exact) mass is 398 g/mol. The molecule has 0 saturated carbocycles. The summed E-state index contributed by atoms with van der Waals surface area (Å²) in [5.74, 6) is -0.495. The standard InChI is InChI=1S/C23H46N2O3/c1-4-6-7-8-9-10-11-12-13-14-15-16-17-18-19-20-23(27)24-25(21-5-2)28-22(3)26/h4-21H2,1-3H3,(H,24,27). The Labute approximate surface area is 173 Å². The van der Waals surface area contributed by atoms with Crippen LogP contribution < -0.4 is 5.43 Å². The minimum absolute atomic E-state index is 0.0793. The average Bonchev–Trinajstić information content (AvgIpc) is 2.64. The number of nitrogens with one attached hydrogen (secondary N) is 1. The highest BCUT2D eigenvalue weighted by atomic mass is 16.7. The first-order valence-corrected chi connectivity index (χ1v) is 11.9. The van der Waals surface area contributed by atoms with Gasteiger partial charge in [0.25, 0.3) is 0 Å². The van der Waals surface area contributed by atoms with E-state index in [1.807, 2.05) is 6.92 Å². The Morgan fingerprint density at radius 1 is 0.679 bits per heavy atom. The maximum Gasteiger partial charge on any atom is 0.324 e.